The molecule has 0 unspecified atom stereocenters. The molecular weight excluding hydrogens is 260 g/mol. The number of benzene rings is 1. The summed E-state index contributed by atoms with van der Waals surface area (Å²) in [6, 6.07) is 6.30. The largest absolute Gasteiger partial charge is 0.294 e. The summed E-state index contributed by atoms with van der Waals surface area (Å²) in [6.45, 7) is 5.95. The fourth-order valence-electron chi connectivity index (χ4n) is 1.73. The SMILES string of the molecule is CCCC(=O)c1ccc(S(=O)(=O)CCC(C)C)cc1. The number of hydrogen-bond acceptors (Lipinski definition) is 3. The van der Waals surface area contributed by atoms with Gasteiger partial charge in [0.25, 0.3) is 0 Å². The average Bonchev–Trinajstić information content (AvgIpc) is 2.37. The van der Waals surface area contributed by atoms with Gasteiger partial charge in [-0.2, -0.15) is 0 Å². The zero-order valence-electron chi connectivity index (χ0n) is 11.8. The molecule has 3 nitrogen and oxygen atoms in total. The van der Waals surface area contributed by atoms with Gasteiger partial charge in [0, 0.05) is 12.0 Å². The van der Waals surface area contributed by atoms with E-state index in [2.05, 4.69) is 0 Å². The lowest BCUT2D eigenvalue weighted by atomic mass is 10.1. The molecule has 4 heteroatoms. The zero-order chi connectivity index (χ0) is 14.5. The van der Waals surface area contributed by atoms with Crippen LogP contribution in [0.5, 0.6) is 0 Å². The minimum Gasteiger partial charge on any atom is -0.294 e. The van der Waals surface area contributed by atoms with Crippen molar-refractivity contribution in [2.24, 2.45) is 5.92 Å². The first-order valence-corrected chi connectivity index (χ1v) is 8.38. The minimum absolute atomic E-state index is 0.0635. The molecule has 0 aliphatic heterocycles. The van der Waals surface area contributed by atoms with Crippen LogP contribution in [0.15, 0.2) is 29.2 Å². The highest BCUT2D eigenvalue weighted by Gasteiger charge is 2.15. The third-order valence-electron chi connectivity index (χ3n) is 2.98. The van der Waals surface area contributed by atoms with Crippen molar-refractivity contribution in [3.8, 4) is 0 Å². The van der Waals surface area contributed by atoms with E-state index < -0.39 is 9.84 Å². The van der Waals surface area contributed by atoms with Gasteiger partial charge in [0.1, 0.15) is 0 Å². The Morgan fingerprint density at radius 3 is 2.21 bits per heavy atom. The second-order valence-corrected chi connectivity index (χ2v) is 7.31. The number of hydrogen-bond donors (Lipinski definition) is 0. The van der Waals surface area contributed by atoms with Crippen molar-refractivity contribution in [3.63, 3.8) is 0 Å². The summed E-state index contributed by atoms with van der Waals surface area (Å²) in [5, 5.41) is 0. The Labute approximate surface area is 116 Å². The standard InChI is InChI=1S/C15H22O3S/c1-4-5-15(16)13-6-8-14(9-7-13)19(17,18)11-10-12(2)3/h6-9,12H,4-5,10-11H2,1-3H3. The van der Waals surface area contributed by atoms with E-state index in [0.717, 1.165) is 6.42 Å². The van der Waals surface area contributed by atoms with Crippen molar-refractivity contribution in [1.82, 2.24) is 0 Å². The van der Waals surface area contributed by atoms with Gasteiger partial charge >= 0.3 is 0 Å². The maximum absolute atomic E-state index is 12.1. The van der Waals surface area contributed by atoms with E-state index in [1.807, 2.05) is 20.8 Å². The van der Waals surface area contributed by atoms with Crippen LogP contribution >= 0.6 is 0 Å². The molecule has 0 N–H and O–H groups in total. The molecule has 0 amide bonds. The number of ketones is 1. The Balaban J connectivity index is 2.83. The molecule has 0 aromatic heterocycles. The molecule has 0 aliphatic carbocycles. The van der Waals surface area contributed by atoms with Crippen molar-refractivity contribution in [3.05, 3.63) is 29.8 Å². The van der Waals surface area contributed by atoms with E-state index in [-0.39, 0.29) is 11.5 Å². The smallest absolute Gasteiger partial charge is 0.178 e. The summed E-state index contributed by atoms with van der Waals surface area (Å²) in [5.41, 5.74) is 0.588. The summed E-state index contributed by atoms with van der Waals surface area (Å²) in [6.07, 6.45) is 1.95. The van der Waals surface area contributed by atoms with Crippen LogP contribution in [-0.4, -0.2) is 20.0 Å². The predicted molar refractivity (Wildman–Crippen MR) is 77.2 cm³/mol. The maximum Gasteiger partial charge on any atom is 0.178 e. The molecule has 0 fully saturated rings. The zero-order valence-corrected chi connectivity index (χ0v) is 12.7. The predicted octanol–water partition coefficient (Wildman–Crippen LogP) is 3.49. The van der Waals surface area contributed by atoms with E-state index in [1.165, 1.54) is 0 Å². The Morgan fingerprint density at radius 1 is 1.16 bits per heavy atom. The lowest BCUT2D eigenvalue weighted by molar-refractivity contribution is 0.0981. The monoisotopic (exact) mass is 282 g/mol. The van der Waals surface area contributed by atoms with Gasteiger partial charge in [0.05, 0.1) is 10.6 Å². The number of carbonyl (C=O) groups excluding carboxylic acids is 1. The topological polar surface area (TPSA) is 51.2 Å². The Kier molecular flexibility index (Phi) is 5.73. The maximum atomic E-state index is 12.1. The van der Waals surface area contributed by atoms with Crippen molar-refractivity contribution in [2.75, 3.05) is 5.75 Å². The van der Waals surface area contributed by atoms with Crippen LogP contribution in [0, 0.1) is 5.92 Å². The molecule has 0 aliphatic rings. The molecule has 0 saturated carbocycles. The molecule has 0 heterocycles. The van der Waals surface area contributed by atoms with Gasteiger partial charge in [-0.05, 0) is 30.9 Å². The van der Waals surface area contributed by atoms with Crippen LogP contribution in [-0.2, 0) is 9.84 Å². The summed E-state index contributed by atoms with van der Waals surface area (Å²) in [4.78, 5) is 12.0. The van der Waals surface area contributed by atoms with Gasteiger partial charge in [-0.3, -0.25) is 4.79 Å². The number of sulfone groups is 1. The first-order valence-electron chi connectivity index (χ1n) is 6.73. The Hall–Kier alpha value is -1.16. The van der Waals surface area contributed by atoms with Crippen LogP contribution in [0.25, 0.3) is 0 Å². The Bertz CT molecular complexity index is 513. The number of rotatable bonds is 7. The van der Waals surface area contributed by atoms with E-state index in [4.69, 9.17) is 0 Å². The molecule has 0 spiro atoms. The summed E-state index contributed by atoms with van der Waals surface area (Å²) < 4.78 is 24.1. The fourth-order valence-corrected chi connectivity index (χ4v) is 3.30. The summed E-state index contributed by atoms with van der Waals surface area (Å²) in [7, 11) is -3.22. The highest BCUT2D eigenvalue weighted by atomic mass is 32.2. The third-order valence-corrected chi connectivity index (χ3v) is 4.74. The quantitative estimate of drug-likeness (QED) is 0.719. The first-order chi connectivity index (χ1) is 8.86. The molecule has 0 saturated heterocycles. The highest BCUT2D eigenvalue weighted by Crippen LogP contribution is 2.16. The molecule has 106 valence electrons. The number of Topliss-reactive ketones (excluding diaryl/α,β-unsaturated/α-hetero) is 1. The molecule has 0 atom stereocenters. The molecule has 0 bridgehead atoms. The average molecular weight is 282 g/mol. The lowest BCUT2D eigenvalue weighted by Crippen LogP contribution is -2.09. The van der Waals surface area contributed by atoms with Crippen LogP contribution in [0.2, 0.25) is 0 Å². The van der Waals surface area contributed by atoms with Crippen LogP contribution in [0.4, 0.5) is 0 Å². The van der Waals surface area contributed by atoms with Crippen LogP contribution in [0.3, 0.4) is 0 Å². The van der Waals surface area contributed by atoms with Gasteiger partial charge in [-0.25, -0.2) is 8.42 Å². The van der Waals surface area contributed by atoms with Gasteiger partial charge in [0.2, 0.25) is 0 Å². The van der Waals surface area contributed by atoms with Crippen molar-refractivity contribution < 1.29 is 13.2 Å². The van der Waals surface area contributed by atoms with Crippen molar-refractivity contribution in [1.29, 1.82) is 0 Å². The molecule has 19 heavy (non-hydrogen) atoms. The van der Waals surface area contributed by atoms with E-state index in [1.54, 1.807) is 24.3 Å². The summed E-state index contributed by atoms with van der Waals surface area (Å²) >= 11 is 0. The second-order valence-electron chi connectivity index (χ2n) is 5.20. The lowest BCUT2D eigenvalue weighted by Gasteiger charge is -2.07. The molecule has 0 radical (unpaired) electrons. The van der Waals surface area contributed by atoms with Gasteiger partial charge in [-0.15, -0.1) is 0 Å². The van der Waals surface area contributed by atoms with Gasteiger partial charge in [0.15, 0.2) is 15.6 Å². The molecule has 1 aromatic carbocycles. The fraction of sp³-hybridized carbons (Fsp3) is 0.533. The van der Waals surface area contributed by atoms with E-state index in [9.17, 15) is 13.2 Å². The molecule has 1 rings (SSSR count). The van der Waals surface area contributed by atoms with Gasteiger partial charge < -0.3 is 0 Å². The summed E-state index contributed by atoms with van der Waals surface area (Å²) in [5.74, 6) is 0.584. The second kappa shape index (κ2) is 6.85. The minimum atomic E-state index is -3.22. The Morgan fingerprint density at radius 2 is 1.74 bits per heavy atom. The highest BCUT2D eigenvalue weighted by molar-refractivity contribution is 7.91. The van der Waals surface area contributed by atoms with Crippen molar-refractivity contribution in [2.45, 2.75) is 44.9 Å². The molecular formula is C15H22O3S. The van der Waals surface area contributed by atoms with Gasteiger partial charge in [-0.1, -0.05) is 32.9 Å². The first kappa shape index (κ1) is 15.9. The number of carbonyl (C=O) groups is 1. The third kappa shape index (κ3) is 4.78. The normalized spacial score (nSPS) is 11.8. The van der Waals surface area contributed by atoms with Crippen LogP contribution in [0.1, 0.15) is 50.4 Å². The van der Waals surface area contributed by atoms with Crippen molar-refractivity contribution >= 4 is 15.6 Å². The molecule has 1 aromatic rings. The van der Waals surface area contributed by atoms with Crippen LogP contribution < -0.4 is 0 Å². The van der Waals surface area contributed by atoms with E-state index >= 15 is 0 Å². The van der Waals surface area contributed by atoms with E-state index in [0.29, 0.717) is 29.2 Å².